The molecule has 53 heavy (non-hydrogen) atoms. The Kier molecular flexibility index (Phi) is 6.70. The predicted octanol–water partition coefficient (Wildman–Crippen LogP) is 13.1. The number of furan rings is 1. The maximum atomic E-state index is 7.83. The molecular formula is C47H32N4O2. The van der Waals surface area contributed by atoms with E-state index in [4.69, 9.17) is 25.7 Å². The van der Waals surface area contributed by atoms with E-state index in [1.165, 1.54) is 5.56 Å². The number of ether oxygens (including phenoxy) is 1. The lowest BCUT2D eigenvalue weighted by Gasteiger charge is -2.20. The Morgan fingerprint density at radius 1 is 0.623 bits per heavy atom. The summed E-state index contributed by atoms with van der Waals surface area (Å²) in [6.07, 6.45) is 3.69. The van der Waals surface area contributed by atoms with E-state index in [0.29, 0.717) is 17.2 Å². The molecule has 6 heteroatoms. The first-order valence-electron chi connectivity index (χ1n) is 17.7. The molecule has 0 aliphatic heterocycles. The molecule has 10 aromatic rings. The highest BCUT2D eigenvalue weighted by Gasteiger charge is 2.21. The Hall–Kier alpha value is -6.97. The van der Waals surface area contributed by atoms with Crippen LogP contribution in [0.25, 0.3) is 87.2 Å². The lowest BCUT2D eigenvalue weighted by Crippen LogP contribution is -2.12. The molecule has 10 rings (SSSR count). The zero-order chi connectivity index (χ0) is 35.8. The molecule has 0 saturated carbocycles. The average molecular weight is 685 g/mol. The van der Waals surface area contributed by atoms with E-state index in [1.807, 2.05) is 60.8 Å². The first-order valence-corrected chi connectivity index (χ1v) is 17.7. The Morgan fingerprint density at radius 2 is 1.40 bits per heavy atom. The summed E-state index contributed by atoms with van der Waals surface area (Å²) in [4.78, 5) is 13.4. The molecular weight excluding hydrogens is 653 g/mol. The first kappa shape index (κ1) is 30.8. The zero-order valence-electron chi connectivity index (χ0n) is 29.4. The van der Waals surface area contributed by atoms with Crippen LogP contribution in [0.5, 0.6) is 11.5 Å². The van der Waals surface area contributed by atoms with Gasteiger partial charge >= 0.3 is 0 Å². The van der Waals surface area contributed by atoms with Gasteiger partial charge in [0.25, 0.3) is 0 Å². The fourth-order valence-electron chi connectivity index (χ4n) is 7.75. The highest BCUT2D eigenvalue weighted by Crippen LogP contribution is 2.45. The molecule has 0 fully saturated rings. The largest absolute Gasteiger partial charge is 0.457 e. The summed E-state index contributed by atoms with van der Waals surface area (Å²) in [7, 11) is 0. The van der Waals surface area contributed by atoms with Gasteiger partial charge in [0.2, 0.25) is 0 Å². The number of rotatable bonds is 4. The zero-order valence-corrected chi connectivity index (χ0v) is 29.4. The second-order valence-corrected chi connectivity index (χ2v) is 14.5. The molecule has 6 nitrogen and oxygen atoms in total. The van der Waals surface area contributed by atoms with E-state index < -0.39 is 0 Å². The number of fused-ring (bicyclic) bond motifs is 10. The fourth-order valence-corrected chi connectivity index (χ4v) is 7.75. The molecule has 0 unspecified atom stereocenters. The minimum absolute atomic E-state index is 0.0218. The van der Waals surface area contributed by atoms with Crippen LogP contribution in [0.1, 0.15) is 26.3 Å². The number of aromatic nitrogens is 3. The summed E-state index contributed by atoms with van der Waals surface area (Å²) >= 11 is 0. The third-order valence-corrected chi connectivity index (χ3v) is 10.3. The fraction of sp³-hybridized carbons (Fsp3) is 0.0851. The van der Waals surface area contributed by atoms with Gasteiger partial charge in [-0.25, -0.2) is 9.83 Å². The Balaban J connectivity index is 1.18. The van der Waals surface area contributed by atoms with E-state index in [-0.39, 0.29) is 5.41 Å². The van der Waals surface area contributed by atoms with Gasteiger partial charge in [-0.2, -0.15) is 0 Å². The van der Waals surface area contributed by atoms with Gasteiger partial charge in [0.15, 0.2) is 5.69 Å². The smallest absolute Gasteiger partial charge is 0.195 e. The van der Waals surface area contributed by atoms with Crippen molar-refractivity contribution in [3.05, 3.63) is 157 Å². The van der Waals surface area contributed by atoms with Gasteiger partial charge in [0.05, 0.1) is 23.3 Å². The summed E-state index contributed by atoms with van der Waals surface area (Å²) in [5.41, 5.74) is 7.05. The van der Waals surface area contributed by atoms with E-state index in [1.54, 1.807) is 6.20 Å². The van der Waals surface area contributed by atoms with Crippen LogP contribution in [-0.2, 0) is 5.41 Å². The molecule has 0 spiro atoms. The highest BCUT2D eigenvalue weighted by atomic mass is 16.5. The number of pyridine rings is 2. The van der Waals surface area contributed by atoms with Crippen molar-refractivity contribution in [2.45, 2.75) is 26.2 Å². The molecule has 4 heterocycles. The Morgan fingerprint density at radius 3 is 2.21 bits per heavy atom. The van der Waals surface area contributed by atoms with Gasteiger partial charge in [-0.15, -0.1) is 0 Å². The maximum absolute atomic E-state index is 7.83. The molecule has 0 amide bonds. The maximum Gasteiger partial charge on any atom is 0.195 e. The van der Waals surface area contributed by atoms with E-state index >= 15 is 0 Å². The highest BCUT2D eigenvalue weighted by molar-refractivity contribution is 6.26. The Labute approximate surface area is 305 Å². The monoisotopic (exact) mass is 684 g/mol. The SMILES string of the molecule is [C-]#[N+]c1cc2ccc3c4cc(Oc5ccc6c7ccccc7n(-c7cc(C(C)(C)C)ccn7)c6c5)cc(-c5ccccn5)c4oc3c2c2ccccc12. The van der Waals surface area contributed by atoms with Crippen LogP contribution in [0.3, 0.4) is 0 Å². The number of hydrogen-bond acceptors (Lipinski definition) is 4. The van der Waals surface area contributed by atoms with Gasteiger partial charge < -0.3 is 9.15 Å². The van der Waals surface area contributed by atoms with Gasteiger partial charge in [-0.1, -0.05) is 75.4 Å². The molecule has 0 N–H and O–H groups in total. The van der Waals surface area contributed by atoms with Crippen LogP contribution in [0.15, 0.2) is 144 Å². The molecule has 6 aromatic carbocycles. The molecule has 252 valence electrons. The van der Waals surface area contributed by atoms with Crippen molar-refractivity contribution in [1.82, 2.24) is 14.5 Å². The van der Waals surface area contributed by atoms with Crippen LogP contribution in [0.4, 0.5) is 5.69 Å². The summed E-state index contributed by atoms with van der Waals surface area (Å²) in [6, 6.07) is 43.1. The van der Waals surface area contributed by atoms with Crippen LogP contribution < -0.4 is 4.74 Å². The molecule has 0 atom stereocenters. The number of benzene rings is 6. The summed E-state index contributed by atoms with van der Waals surface area (Å²) in [5.74, 6) is 2.24. The lowest BCUT2D eigenvalue weighted by molar-refractivity contribution is 0.484. The number of hydrogen-bond donors (Lipinski definition) is 0. The molecule has 0 bridgehead atoms. The average Bonchev–Trinajstić information content (AvgIpc) is 3.72. The van der Waals surface area contributed by atoms with Crippen molar-refractivity contribution in [3.63, 3.8) is 0 Å². The van der Waals surface area contributed by atoms with E-state index in [9.17, 15) is 0 Å². The minimum atomic E-state index is -0.0218. The first-order chi connectivity index (χ1) is 25.9. The van der Waals surface area contributed by atoms with Crippen molar-refractivity contribution in [2.24, 2.45) is 0 Å². The molecule has 4 aromatic heterocycles. The third-order valence-electron chi connectivity index (χ3n) is 10.3. The van der Waals surface area contributed by atoms with Crippen molar-refractivity contribution < 1.29 is 9.15 Å². The summed E-state index contributed by atoms with van der Waals surface area (Å²) < 4.78 is 15.9. The van der Waals surface area contributed by atoms with Crippen LogP contribution in [0.2, 0.25) is 0 Å². The van der Waals surface area contributed by atoms with Crippen LogP contribution >= 0.6 is 0 Å². The van der Waals surface area contributed by atoms with Crippen molar-refractivity contribution in [1.29, 1.82) is 0 Å². The van der Waals surface area contributed by atoms with Gasteiger partial charge in [-0.3, -0.25) is 9.55 Å². The quantitative estimate of drug-likeness (QED) is 0.137. The van der Waals surface area contributed by atoms with Crippen molar-refractivity contribution in [2.75, 3.05) is 0 Å². The number of para-hydroxylation sites is 1. The normalized spacial score (nSPS) is 12.0. The molecule has 0 aliphatic carbocycles. The van der Waals surface area contributed by atoms with Crippen molar-refractivity contribution >= 4 is 71.0 Å². The minimum Gasteiger partial charge on any atom is -0.457 e. The Bertz CT molecular complexity index is 3140. The topological polar surface area (TPSA) is 57.4 Å². The standard InChI is InChI=1S/C47H32N4O2/c1-47(2,3)29-20-22-50-43(24-29)51-41-15-8-7-12-33(41)34-19-17-30(27-42(34)51)52-31-25-37-36-18-16-28-23-40(48-4)32-11-5-6-13-35(32)44(28)46(36)53-45(37)38(26-31)39-14-9-10-21-49-39/h5-27H,1-3H3. The second kappa shape index (κ2) is 11.5. The van der Waals surface area contributed by atoms with Crippen LogP contribution in [-0.4, -0.2) is 14.5 Å². The van der Waals surface area contributed by atoms with Crippen LogP contribution in [0, 0.1) is 6.57 Å². The number of nitrogens with zero attached hydrogens (tertiary/aromatic N) is 4. The van der Waals surface area contributed by atoms with Gasteiger partial charge in [-0.05, 0) is 93.9 Å². The molecule has 0 saturated heterocycles. The molecule has 0 aliphatic rings. The van der Waals surface area contributed by atoms with E-state index in [0.717, 1.165) is 82.4 Å². The third kappa shape index (κ3) is 4.86. The van der Waals surface area contributed by atoms with Gasteiger partial charge in [0.1, 0.15) is 28.5 Å². The predicted molar refractivity (Wildman–Crippen MR) is 216 cm³/mol. The summed E-state index contributed by atoms with van der Waals surface area (Å²) in [6.45, 7) is 14.5. The second-order valence-electron chi connectivity index (χ2n) is 14.5. The van der Waals surface area contributed by atoms with Crippen molar-refractivity contribution in [3.8, 4) is 28.6 Å². The molecule has 0 radical (unpaired) electrons. The summed E-state index contributed by atoms with van der Waals surface area (Å²) in [5, 5.41) is 8.02. The van der Waals surface area contributed by atoms with E-state index in [2.05, 4.69) is 103 Å². The lowest BCUT2D eigenvalue weighted by atomic mass is 9.88. The van der Waals surface area contributed by atoms with Gasteiger partial charge in [0, 0.05) is 51.0 Å².